The van der Waals surface area contributed by atoms with E-state index in [-0.39, 0.29) is 0 Å². The van der Waals surface area contributed by atoms with E-state index in [9.17, 15) is 0 Å². The Bertz CT molecular complexity index is 1170. The van der Waals surface area contributed by atoms with Gasteiger partial charge in [0.2, 0.25) is 0 Å². The number of nitrogens with one attached hydrogen (secondary N) is 1. The normalized spacial score (nSPS) is 11.6. The second-order valence-electron chi connectivity index (χ2n) is 6.96. The molecule has 0 saturated carbocycles. The van der Waals surface area contributed by atoms with Gasteiger partial charge in [-0.2, -0.15) is 0 Å². The topological polar surface area (TPSA) is 24.9 Å². The van der Waals surface area contributed by atoms with Gasteiger partial charge in [0.15, 0.2) is 0 Å². The van der Waals surface area contributed by atoms with Gasteiger partial charge in [-0.1, -0.05) is 54.6 Å². The molecule has 4 aromatic rings. The molecule has 0 fully saturated rings. The van der Waals surface area contributed by atoms with Crippen LogP contribution in [0.3, 0.4) is 0 Å². The number of aryl methyl sites for hydroxylation is 1. The van der Waals surface area contributed by atoms with Crippen LogP contribution in [0.4, 0.5) is 5.69 Å². The fourth-order valence-corrected chi connectivity index (χ4v) is 3.86. The van der Waals surface area contributed by atoms with Crippen molar-refractivity contribution >= 4 is 22.2 Å². The highest BCUT2D eigenvalue weighted by molar-refractivity contribution is 5.95. The summed E-state index contributed by atoms with van der Waals surface area (Å²) in [5.41, 5.74) is 9.50. The van der Waals surface area contributed by atoms with Gasteiger partial charge >= 0.3 is 0 Å². The molecule has 0 radical (unpaired) electrons. The summed E-state index contributed by atoms with van der Waals surface area (Å²) in [5, 5.41) is 4.50. The van der Waals surface area contributed by atoms with Gasteiger partial charge < -0.3 is 5.32 Å². The first-order valence-electron chi connectivity index (χ1n) is 9.61. The largest absolute Gasteiger partial charge is 0.388 e. The van der Waals surface area contributed by atoms with Gasteiger partial charge in [-0.15, -0.1) is 0 Å². The van der Waals surface area contributed by atoms with Crippen molar-refractivity contribution in [1.82, 2.24) is 4.98 Å². The molecule has 0 aliphatic heterocycles. The van der Waals surface area contributed by atoms with Crippen LogP contribution < -0.4 is 5.32 Å². The zero-order chi connectivity index (χ0) is 19.5. The van der Waals surface area contributed by atoms with Crippen LogP contribution in [-0.2, 0) is 0 Å². The molecule has 0 aliphatic carbocycles. The summed E-state index contributed by atoms with van der Waals surface area (Å²) >= 11 is 0. The molecule has 0 amide bonds. The summed E-state index contributed by atoms with van der Waals surface area (Å²) in [4.78, 5) is 4.51. The quantitative estimate of drug-likeness (QED) is 0.435. The Morgan fingerprint density at radius 2 is 1.71 bits per heavy atom. The number of hydrogen-bond donors (Lipinski definition) is 1. The number of pyridine rings is 1. The average Bonchev–Trinajstić information content (AvgIpc) is 2.74. The van der Waals surface area contributed by atoms with Crippen LogP contribution in [-0.4, -0.2) is 12.0 Å². The van der Waals surface area contributed by atoms with Crippen LogP contribution in [0.15, 0.2) is 85.1 Å². The van der Waals surface area contributed by atoms with E-state index in [1.165, 1.54) is 38.8 Å². The van der Waals surface area contributed by atoms with E-state index in [1.807, 2.05) is 19.3 Å². The number of benzene rings is 3. The monoisotopic (exact) mass is 364 g/mol. The van der Waals surface area contributed by atoms with Crippen molar-refractivity contribution in [3.8, 4) is 11.1 Å². The summed E-state index contributed by atoms with van der Waals surface area (Å²) < 4.78 is 0. The second-order valence-corrected chi connectivity index (χ2v) is 6.96. The Morgan fingerprint density at radius 3 is 2.54 bits per heavy atom. The number of rotatable bonds is 4. The maximum absolute atomic E-state index is 4.51. The predicted octanol–water partition coefficient (Wildman–Crippen LogP) is 6.70. The summed E-state index contributed by atoms with van der Waals surface area (Å²) in [6, 6.07) is 25.7. The van der Waals surface area contributed by atoms with Crippen molar-refractivity contribution in [2.75, 3.05) is 12.4 Å². The third kappa shape index (κ3) is 3.29. The van der Waals surface area contributed by atoms with Crippen LogP contribution in [0.25, 0.3) is 27.6 Å². The molecule has 0 atom stereocenters. The highest BCUT2D eigenvalue weighted by Gasteiger charge is 2.12. The highest BCUT2D eigenvalue weighted by atomic mass is 14.8. The van der Waals surface area contributed by atoms with Crippen molar-refractivity contribution in [1.29, 1.82) is 0 Å². The lowest BCUT2D eigenvalue weighted by atomic mass is 9.91. The van der Waals surface area contributed by atoms with E-state index >= 15 is 0 Å². The van der Waals surface area contributed by atoms with E-state index in [1.54, 1.807) is 0 Å². The van der Waals surface area contributed by atoms with Crippen LogP contribution in [0, 0.1) is 6.92 Å². The van der Waals surface area contributed by atoms with E-state index in [0.29, 0.717) is 0 Å². The molecule has 0 aliphatic rings. The van der Waals surface area contributed by atoms with Gasteiger partial charge in [0.25, 0.3) is 0 Å². The van der Waals surface area contributed by atoms with Crippen molar-refractivity contribution in [3.05, 3.63) is 102 Å². The summed E-state index contributed by atoms with van der Waals surface area (Å²) in [6.07, 6.45) is 4.09. The third-order valence-electron chi connectivity index (χ3n) is 5.12. The highest BCUT2D eigenvalue weighted by Crippen LogP contribution is 2.34. The van der Waals surface area contributed by atoms with Crippen molar-refractivity contribution in [3.63, 3.8) is 0 Å². The lowest BCUT2D eigenvalue weighted by Crippen LogP contribution is -1.97. The zero-order valence-electron chi connectivity index (χ0n) is 16.5. The standard InChI is InChI=1S/C26H24N2/c1-4-21(23-9-5-7-11-25(23)27-3)19-15-18(2)16-20(17-19)22-13-14-28-26-12-8-6-10-24(22)26/h4-17,27H,1-3H3/b21-4-. The van der Waals surface area contributed by atoms with Gasteiger partial charge in [-0.25, -0.2) is 0 Å². The first-order chi connectivity index (χ1) is 13.7. The second kappa shape index (κ2) is 7.69. The van der Waals surface area contributed by atoms with E-state index in [2.05, 4.69) is 97.0 Å². The zero-order valence-corrected chi connectivity index (χ0v) is 16.5. The molecule has 0 saturated heterocycles. The number of anilines is 1. The minimum atomic E-state index is 1.02. The Morgan fingerprint density at radius 1 is 0.929 bits per heavy atom. The number of para-hydroxylation sites is 2. The molecule has 1 heterocycles. The minimum Gasteiger partial charge on any atom is -0.388 e. The predicted molar refractivity (Wildman–Crippen MR) is 121 cm³/mol. The SMILES string of the molecule is C/C=C(/c1cc(C)cc(-c2ccnc3ccccc23)c1)c1ccccc1NC. The molecule has 2 nitrogen and oxygen atoms in total. The Hall–Kier alpha value is -3.39. The van der Waals surface area contributed by atoms with Crippen LogP contribution >= 0.6 is 0 Å². The minimum absolute atomic E-state index is 1.02. The Labute approximate surface area is 166 Å². The van der Waals surface area contributed by atoms with Gasteiger partial charge in [0.1, 0.15) is 0 Å². The first kappa shape index (κ1) is 18.0. The fourth-order valence-electron chi connectivity index (χ4n) is 3.86. The maximum atomic E-state index is 4.51. The van der Waals surface area contributed by atoms with Crippen LogP contribution in [0.5, 0.6) is 0 Å². The molecule has 3 aromatic carbocycles. The van der Waals surface area contributed by atoms with E-state index in [4.69, 9.17) is 0 Å². The number of fused-ring (bicyclic) bond motifs is 1. The molecule has 1 aromatic heterocycles. The molecule has 1 N–H and O–H groups in total. The Balaban J connectivity index is 1.90. The van der Waals surface area contributed by atoms with E-state index < -0.39 is 0 Å². The van der Waals surface area contributed by atoms with Crippen molar-refractivity contribution in [2.45, 2.75) is 13.8 Å². The number of nitrogens with zero attached hydrogens (tertiary/aromatic N) is 1. The molecule has 138 valence electrons. The van der Waals surface area contributed by atoms with Crippen LogP contribution in [0.2, 0.25) is 0 Å². The number of aromatic nitrogens is 1. The molecular formula is C26H24N2. The number of allylic oxidation sites excluding steroid dienone is 1. The molecule has 4 rings (SSSR count). The fraction of sp³-hybridized carbons (Fsp3) is 0.115. The van der Waals surface area contributed by atoms with Gasteiger partial charge in [0, 0.05) is 29.9 Å². The molecule has 28 heavy (non-hydrogen) atoms. The summed E-state index contributed by atoms with van der Waals surface area (Å²) in [7, 11) is 1.97. The molecule has 2 heteroatoms. The van der Waals surface area contributed by atoms with Crippen molar-refractivity contribution < 1.29 is 0 Å². The third-order valence-corrected chi connectivity index (χ3v) is 5.12. The van der Waals surface area contributed by atoms with Crippen LogP contribution in [0.1, 0.15) is 23.6 Å². The molecule has 0 unspecified atom stereocenters. The molecular weight excluding hydrogens is 340 g/mol. The Kier molecular flexibility index (Phi) is 4.94. The lowest BCUT2D eigenvalue weighted by Gasteiger charge is -2.16. The lowest BCUT2D eigenvalue weighted by molar-refractivity contribution is 1.39. The van der Waals surface area contributed by atoms with Gasteiger partial charge in [0.05, 0.1) is 5.52 Å². The van der Waals surface area contributed by atoms with Gasteiger partial charge in [-0.3, -0.25) is 4.98 Å². The summed E-state index contributed by atoms with van der Waals surface area (Å²) in [5.74, 6) is 0. The maximum Gasteiger partial charge on any atom is 0.0708 e. The van der Waals surface area contributed by atoms with Gasteiger partial charge in [-0.05, 0) is 65.9 Å². The number of hydrogen-bond acceptors (Lipinski definition) is 2. The molecule has 0 bridgehead atoms. The van der Waals surface area contributed by atoms with E-state index in [0.717, 1.165) is 11.2 Å². The van der Waals surface area contributed by atoms with Crippen molar-refractivity contribution in [2.24, 2.45) is 0 Å². The molecule has 0 spiro atoms. The first-order valence-corrected chi connectivity index (χ1v) is 9.61. The smallest absolute Gasteiger partial charge is 0.0708 e. The average molecular weight is 364 g/mol. The summed E-state index contributed by atoms with van der Waals surface area (Å²) in [6.45, 7) is 4.26.